The molecule has 2 heterocycles. The molecule has 6 nitrogen and oxygen atoms in total. The summed E-state index contributed by atoms with van der Waals surface area (Å²) in [6.07, 6.45) is 4.54. The Morgan fingerprint density at radius 1 is 1.36 bits per heavy atom. The number of hydrogen-bond donors (Lipinski definition) is 1. The van der Waals surface area contributed by atoms with Crippen LogP contribution >= 0.6 is 0 Å². The molecule has 0 unspecified atom stereocenters. The highest BCUT2D eigenvalue weighted by Gasteiger charge is 2.25. The van der Waals surface area contributed by atoms with Crippen molar-refractivity contribution in [1.29, 1.82) is 0 Å². The minimum Gasteiger partial charge on any atom is -0.350 e. The van der Waals surface area contributed by atoms with Crippen molar-refractivity contribution in [3.63, 3.8) is 0 Å². The van der Waals surface area contributed by atoms with Crippen molar-refractivity contribution in [2.45, 2.75) is 25.3 Å². The van der Waals surface area contributed by atoms with Crippen LogP contribution in [0.25, 0.3) is 0 Å². The smallest absolute Gasteiger partial charge is 0.266 e. The average Bonchev–Trinajstić information content (AvgIpc) is 3.34. The largest absolute Gasteiger partial charge is 0.350 e. The monoisotopic (exact) mass is 302 g/mol. The minimum absolute atomic E-state index is 0.0676. The fraction of sp³-hybridized carbons (Fsp3) is 0.333. The standard InChI is InChI=1S/C15H15FN4O2/c16-12-9-17-6-5-11(12)15(22)18-7-8-20-14(21)4-3-13(19-20)10-1-2-10/h3-6,9-10H,1-2,7-8H2,(H,18,22). The first kappa shape index (κ1) is 14.4. The fourth-order valence-electron chi connectivity index (χ4n) is 2.15. The lowest BCUT2D eigenvalue weighted by Gasteiger charge is -2.08. The SMILES string of the molecule is O=C(NCCn1nc(C2CC2)ccc1=O)c1ccncc1F. The molecule has 3 rings (SSSR count). The van der Waals surface area contributed by atoms with Gasteiger partial charge in [0.15, 0.2) is 5.82 Å². The van der Waals surface area contributed by atoms with Crippen LogP contribution in [-0.2, 0) is 6.54 Å². The van der Waals surface area contributed by atoms with Gasteiger partial charge in [0.2, 0.25) is 0 Å². The summed E-state index contributed by atoms with van der Waals surface area (Å²) in [6, 6.07) is 4.55. The Balaban J connectivity index is 1.61. The van der Waals surface area contributed by atoms with Gasteiger partial charge in [0.1, 0.15) is 0 Å². The van der Waals surface area contributed by atoms with Crippen molar-refractivity contribution < 1.29 is 9.18 Å². The van der Waals surface area contributed by atoms with Crippen LogP contribution < -0.4 is 10.9 Å². The van der Waals surface area contributed by atoms with E-state index >= 15 is 0 Å². The van der Waals surface area contributed by atoms with Crippen molar-refractivity contribution in [1.82, 2.24) is 20.1 Å². The van der Waals surface area contributed by atoms with E-state index in [-0.39, 0.29) is 24.2 Å². The Morgan fingerprint density at radius 3 is 2.91 bits per heavy atom. The summed E-state index contributed by atoms with van der Waals surface area (Å²) in [5, 5.41) is 6.86. The van der Waals surface area contributed by atoms with E-state index in [9.17, 15) is 14.0 Å². The van der Waals surface area contributed by atoms with E-state index in [0.29, 0.717) is 5.92 Å². The zero-order valence-electron chi connectivity index (χ0n) is 11.8. The highest BCUT2D eigenvalue weighted by atomic mass is 19.1. The van der Waals surface area contributed by atoms with Gasteiger partial charge in [-0.2, -0.15) is 5.10 Å². The minimum atomic E-state index is -0.675. The second kappa shape index (κ2) is 6.05. The number of pyridine rings is 1. The zero-order chi connectivity index (χ0) is 15.5. The molecule has 0 radical (unpaired) electrons. The van der Waals surface area contributed by atoms with Gasteiger partial charge in [-0.3, -0.25) is 14.6 Å². The lowest BCUT2D eigenvalue weighted by molar-refractivity contribution is 0.0947. The maximum absolute atomic E-state index is 13.4. The molecular formula is C15H15FN4O2. The van der Waals surface area contributed by atoms with Crippen LogP contribution in [0.15, 0.2) is 35.4 Å². The predicted molar refractivity (Wildman–Crippen MR) is 77.0 cm³/mol. The van der Waals surface area contributed by atoms with Gasteiger partial charge in [-0.1, -0.05) is 0 Å². The van der Waals surface area contributed by atoms with Gasteiger partial charge in [0.05, 0.1) is 24.0 Å². The highest BCUT2D eigenvalue weighted by molar-refractivity contribution is 5.94. The van der Waals surface area contributed by atoms with Crippen molar-refractivity contribution >= 4 is 5.91 Å². The number of halogens is 1. The highest BCUT2D eigenvalue weighted by Crippen LogP contribution is 2.38. The molecule has 0 atom stereocenters. The normalized spacial score (nSPS) is 13.9. The number of nitrogens with zero attached hydrogens (tertiary/aromatic N) is 3. The van der Waals surface area contributed by atoms with Crippen LogP contribution in [0.5, 0.6) is 0 Å². The topological polar surface area (TPSA) is 76.9 Å². The molecule has 7 heteroatoms. The van der Waals surface area contributed by atoms with E-state index < -0.39 is 11.7 Å². The molecule has 0 spiro atoms. The number of carbonyl (C=O) groups is 1. The molecule has 22 heavy (non-hydrogen) atoms. The first-order chi connectivity index (χ1) is 10.6. The molecule has 0 bridgehead atoms. The van der Waals surface area contributed by atoms with E-state index in [1.165, 1.54) is 23.0 Å². The first-order valence-electron chi connectivity index (χ1n) is 7.11. The van der Waals surface area contributed by atoms with Gasteiger partial charge in [-0.05, 0) is 25.0 Å². The Kier molecular flexibility index (Phi) is 3.95. The van der Waals surface area contributed by atoms with Gasteiger partial charge < -0.3 is 5.32 Å². The number of amides is 1. The molecule has 1 amide bonds. The third-order valence-corrected chi connectivity index (χ3v) is 3.51. The summed E-state index contributed by atoms with van der Waals surface area (Å²) in [7, 11) is 0. The maximum atomic E-state index is 13.4. The number of hydrogen-bond acceptors (Lipinski definition) is 4. The third-order valence-electron chi connectivity index (χ3n) is 3.51. The quantitative estimate of drug-likeness (QED) is 0.897. The van der Waals surface area contributed by atoms with Crippen molar-refractivity contribution in [2.75, 3.05) is 6.54 Å². The van der Waals surface area contributed by atoms with E-state index in [2.05, 4.69) is 15.4 Å². The summed E-state index contributed by atoms with van der Waals surface area (Å²) in [5.41, 5.74) is 0.627. The molecule has 0 saturated heterocycles. The Morgan fingerprint density at radius 2 is 2.18 bits per heavy atom. The van der Waals surface area contributed by atoms with Crippen LogP contribution in [0, 0.1) is 5.82 Å². The summed E-state index contributed by atoms with van der Waals surface area (Å²) in [5.74, 6) is -0.760. The number of aromatic nitrogens is 3. The van der Waals surface area contributed by atoms with E-state index in [4.69, 9.17) is 0 Å². The van der Waals surface area contributed by atoms with Crippen LogP contribution in [0.1, 0.15) is 34.8 Å². The summed E-state index contributed by atoms with van der Waals surface area (Å²) in [6.45, 7) is 0.444. The molecule has 1 fully saturated rings. The molecule has 1 aliphatic carbocycles. The van der Waals surface area contributed by atoms with Crippen LogP contribution in [-0.4, -0.2) is 27.2 Å². The second-order valence-corrected chi connectivity index (χ2v) is 5.21. The third kappa shape index (κ3) is 3.19. The molecule has 114 valence electrons. The molecule has 2 aromatic heterocycles. The molecule has 1 aliphatic rings. The van der Waals surface area contributed by atoms with Gasteiger partial charge in [-0.25, -0.2) is 9.07 Å². The molecule has 2 aromatic rings. The van der Waals surface area contributed by atoms with Crippen LogP contribution in [0.3, 0.4) is 0 Å². The Labute approximate surface area is 126 Å². The number of carbonyl (C=O) groups excluding carboxylic acids is 1. The van der Waals surface area contributed by atoms with Crippen LogP contribution in [0.2, 0.25) is 0 Å². The van der Waals surface area contributed by atoms with Gasteiger partial charge in [0, 0.05) is 24.7 Å². The lowest BCUT2D eigenvalue weighted by Crippen LogP contribution is -2.32. The summed E-state index contributed by atoms with van der Waals surface area (Å²) >= 11 is 0. The van der Waals surface area contributed by atoms with Gasteiger partial charge in [-0.15, -0.1) is 0 Å². The maximum Gasteiger partial charge on any atom is 0.266 e. The predicted octanol–water partition coefficient (Wildman–Crippen LogP) is 1.08. The summed E-state index contributed by atoms with van der Waals surface area (Å²) < 4.78 is 14.7. The van der Waals surface area contributed by atoms with E-state index in [1.54, 1.807) is 6.07 Å². The Bertz CT molecular complexity index is 755. The number of nitrogens with one attached hydrogen (secondary N) is 1. The molecule has 1 N–H and O–H groups in total. The second-order valence-electron chi connectivity index (χ2n) is 5.21. The average molecular weight is 302 g/mol. The van der Waals surface area contributed by atoms with E-state index in [0.717, 1.165) is 24.7 Å². The van der Waals surface area contributed by atoms with Crippen molar-refractivity contribution in [3.8, 4) is 0 Å². The molecule has 1 saturated carbocycles. The van der Waals surface area contributed by atoms with E-state index in [1.807, 2.05) is 0 Å². The Hall–Kier alpha value is -2.57. The van der Waals surface area contributed by atoms with Gasteiger partial charge in [0.25, 0.3) is 11.5 Å². The molecular weight excluding hydrogens is 287 g/mol. The zero-order valence-corrected chi connectivity index (χ0v) is 11.8. The van der Waals surface area contributed by atoms with Crippen molar-refractivity contribution in [3.05, 3.63) is 58.0 Å². The van der Waals surface area contributed by atoms with Crippen LogP contribution in [0.4, 0.5) is 4.39 Å². The first-order valence-corrected chi connectivity index (χ1v) is 7.11. The molecule has 0 aliphatic heterocycles. The lowest BCUT2D eigenvalue weighted by atomic mass is 10.2. The summed E-state index contributed by atoms with van der Waals surface area (Å²) in [4.78, 5) is 27.2. The number of rotatable bonds is 5. The molecule has 0 aromatic carbocycles. The van der Waals surface area contributed by atoms with Crippen molar-refractivity contribution in [2.24, 2.45) is 0 Å². The fourth-order valence-corrected chi connectivity index (χ4v) is 2.15. The van der Waals surface area contributed by atoms with Gasteiger partial charge >= 0.3 is 0 Å².